The van der Waals surface area contributed by atoms with E-state index in [4.69, 9.17) is 46.4 Å². The molecule has 0 fully saturated rings. The van der Waals surface area contributed by atoms with E-state index in [9.17, 15) is 13.2 Å². The maximum absolute atomic E-state index is 13.4. The maximum atomic E-state index is 13.4. The minimum Gasteiger partial charge on any atom is -0.322 e. The maximum Gasteiger partial charge on any atom is 0.243 e. The molecule has 0 aromatic heterocycles. The van der Waals surface area contributed by atoms with Gasteiger partial charge in [-0.25, -0.2) is 8.42 Å². The van der Waals surface area contributed by atoms with Crippen molar-refractivity contribution in [2.75, 3.05) is 11.9 Å². The molecule has 0 unspecified atom stereocenters. The van der Waals surface area contributed by atoms with Gasteiger partial charge < -0.3 is 5.32 Å². The summed E-state index contributed by atoms with van der Waals surface area (Å²) in [4.78, 5) is 12.9. The summed E-state index contributed by atoms with van der Waals surface area (Å²) in [5.74, 6) is -0.601. The van der Waals surface area contributed by atoms with Gasteiger partial charge >= 0.3 is 0 Å². The summed E-state index contributed by atoms with van der Waals surface area (Å²) >= 11 is 24.3. The molecule has 0 saturated heterocycles. The highest BCUT2D eigenvalue weighted by Gasteiger charge is 2.27. The van der Waals surface area contributed by atoms with Gasteiger partial charge in [0.2, 0.25) is 15.9 Å². The monoisotopic (exact) mass is 530 g/mol. The average Bonchev–Trinajstić information content (AvgIpc) is 2.73. The van der Waals surface area contributed by atoms with Gasteiger partial charge in [-0.05, 0) is 48.9 Å². The topological polar surface area (TPSA) is 66.5 Å². The van der Waals surface area contributed by atoms with Crippen molar-refractivity contribution in [2.45, 2.75) is 18.4 Å². The van der Waals surface area contributed by atoms with Gasteiger partial charge in [0.1, 0.15) is 0 Å². The van der Waals surface area contributed by atoms with Gasteiger partial charge in [0, 0.05) is 6.54 Å². The van der Waals surface area contributed by atoms with Crippen LogP contribution < -0.4 is 5.32 Å². The van der Waals surface area contributed by atoms with E-state index in [0.717, 1.165) is 9.87 Å². The van der Waals surface area contributed by atoms with Crippen molar-refractivity contribution in [3.8, 4) is 0 Å². The molecule has 1 amide bonds. The molecule has 0 aliphatic rings. The number of hydrogen-bond donors (Lipinski definition) is 1. The number of sulfonamides is 1. The van der Waals surface area contributed by atoms with Crippen molar-refractivity contribution in [1.82, 2.24) is 4.31 Å². The lowest BCUT2D eigenvalue weighted by atomic mass is 10.2. The first-order chi connectivity index (χ1) is 15.1. The molecule has 0 spiro atoms. The van der Waals surface area contributed by atoms with E-state index in [2.05, 4.69) is 5.32 Å². The molecule has 32 heavy (non-hydrogen) atoms. The number of anilines is 1. The number of aryl methyl sites for hydroxylation is 1. The van der Waals surface area contributed by atoms with E-state index in [1.165, 1.54) is 12.1 Å². The smallest absolute Gasteiger partial charge is 0.243 e. The molecule has 3 aromatic rings. The Balaban J connectivity index is 1.93. The third kappa shape index (κ3) is 5.95. The predicted octanol–water partition coefficient (Wildman–Crippen LogP) is 6.44. The Bertz CT molecular complexity index is 1230. The van der Waals surface area contributed by atoms with Crippen LogP contribution in [0.2, 0.25) is 20.1 Å². The van der Waals surface area contributed by atoms with Crippen molar-refractivity contribution < 1.29 is 13.2 Å². The SMILES string of the molecule is Cc1ccc(S(=O)(=O)N(CC(=O)Nc2c(Cl)cccc2Cl)Cc2ccc(Cl)c(Cl)c2)cc1. The Kier molecular flexibility index (Phi) is 8.09. The zero-order valence-corrected chi connectivity index (χ0v) is 20.6. The fourth-order valence-electron chi connectivity index (χ4n) is 2.88. The third-order valence-corrected chi connectivity index (χ3v) is 7.72. The zero-order chi connectivity index (χ0) is 23.5. The predicted molar refractivity (Wildman–Crippen MR) is 130 cm³/mol. The van der Waals surface area contributed by atoms with E-state index in [1.807, 2.05) is 6.92 Å². The Hall–Kier alpha value is -1.80. The first kappa shape index (κ1) is 24.8. The number of amides is 1. The van der Waals surface area contributed by atoms with Crippen molar-refractivity contribution in [3.63, 3.8) is 0 Å². The van der Waals surface area contributed by atoms with Crippen molar-refractivity contribution in [3.05, 3.63) is 91.9 Å². The van der Waals surface area contributed by atoms with Crippen molar-refractivity contribution in [2.24, 2.45) is 0 Å². The fourth-order valence-corrected chi connectivity index (χ4v) is 5.08. The number of rotatable bonds is 7. The first-order valence-electron chi connectivity index (χ1n) is 9.32. The molecule has 3 aromatic carbocycles. The standard InChI is InChI=1S/C22H18Cl4N2O3S/c1-14-5-8-16(9-6-14)32(30,31)28(12-15-7-10-17(23)20(26)11-15)13-21(29)27-22-18(24)3-2-4-19(22)25/h2-11H,12-13H2,1H3,(H,27,29). The summed E-state index contributed by atoms with van der Waals surface area (Å²) < 4.78 is 27.8. The molecule has 1 N–H and O–H groups in total. The number of para-hydroxylation sites is 1. The molecule has 168 valence electrons. The lowest BCUT2D eigenvalue weighted by Gasteiger charge is -2.22. The van der Waals surface area contributed by atoms with Crippen LogP contribution in [0.15, 0.2) is 65.6 Å². The molecule has 0 heterocycles. The molecule has 0 aliphatic heterocycles. The summed E-state index contributed by atoms with van der Waals surface area (Å²) in [6.07, 6.45) is 0. The van der Waals surface area contributed by atoms with Gasteiger partial charge in [-0.3, -0.25) is 4.79 Å². The van der Waals surface area contributed by atoms with E-state index in [-0.39, 0.29) is 32.2 Å². The van der Waals surface area contributed by atoms with Crippen LogP contribution in [0.1, 0.15) is 11.1 Å². The molecule has 3 rings (SSSR count). The number of nitrogens with one attached hydrogen (secondary N) is 1. The summed E-state index contributed by atoms with van der Waals surface area (Å²) in [7, 11) is -4.02. The van der Waals surface area contributed by atoms with Crippen LogP contribution in [0.25, 0.3) is 0 Å². The van der Waals surface area contributed by atoms with Gasteiger partial charge in [-0.15, -0.1) is 0 Å². The molecular formula is C22H18Cl4N2O3S. The summed E-state index contributed by atoms with van der Waals surface area (Å²) in [6, 6.07) is 15.9. The van der Waals surface area contributed by atoms with Crippen LogP contribution in [0, 0.1) is 6.92 Å². The van der Waals surface area contributed by atoms with Crippen LogP contribution in [-0.2, 0) is 21.4 Å². The fraction of sp³-hybridized carbons (Fsp3) is 0.136. The van der Waals surface area contributed by atoms with Crippen molar-refractivity contribution in [1.29, 1.82) is 0 Å². The third-order valence-electron chi connectivity index (χ3n) is 4.55. The molecule has 0 atom stereocenters. The number of nitrogens with zero attached hydrogens (tertiary/aromatic N) is 1. The lowest BCUT2D eigenvalue weighted by molar-refractivity contribution is -0.116. The molecule has 10 heteroatoms. The number of carbonyl (C=O) groups is 1. The first-order valence-corrected chi connectivity index (χ1v) is 12.3. The molecule has 5 nitrogen and oxygen atoms in total. The molecule has 0 bridgehead atoms. The second-order valence-corrected chi connectivity index (χ2v) is 10.5. The highest BCUT2D eigenvalue weighted by Crippen LogP contribution is 2.30. The summed E-state index contributed by atoms with van der Waals surface area (Å²) in [6.45, 7) is 1.28. The Morgan fingerprint density at radius 3 is 2.09 bits per heavy atom. The van der Waals surface area contributed by atoms with Crippen molar-refractivity contribution >= 4 is 68.0 Å². The van der Waals surface area contributed by atoms with Gasteiger partial charge in [0.15, 0.2) is 0 Å². The minimum absolute atomic E-state index is 0.0618. The van der Waals surface area contributed by atoms with E-state index >= 15 is 0 Å². The molecule has 0 saturated carbocycles. The highest BCUT2D eigenvalue weighted by molar-refractivity contribution is 7.89. The van der Waals surface area contributed by atoms with Crippen LogP contribution in [0.5, 0.6) is 0 Å². The number of hydrogen-bond acceptors (Lipinski definition) is 3. The van der Waals surface area contributed by atoms with Gasteiger partial charge in [-0.2, -0.15) is 4.31 Å². The Morgan fingerprint density at radius 1 is 0.875 bits per heavy atom. The largest absolute Gasteiger partial charge is 0.322 e. The average molecular weight is 532 g/mol. The molecule has 0 aliphatic carbocycles. The minimum atomic E-state index is -4.02. The van der Waals surface area contributed by atoms with E-state index < -0.39 is 22.5 Å². The highest BCUT2D eigenvalue weighted by atomic mass is 35.5. The van der Waals surface area contributed by atoms with Gasteiger partial charge in [-0.1, -0.05) is 76.2 Å². The number of carbonyl (C=O) groups excluding carboxylic acids is 1. The number of halogens is 4. The van der Waals surface area contributed by atoms with Crippen LogP contribution in [-0.4, -0.2) is 25.2 Å². The number of benzene rings is 3. The normalized spacial score (nSPS) is 11.6. The van der Waals surface area contributed by atoms with E-state index in [0.29, 0.717) is 10.6 Å². The quantitative estimate of drug-likeness (QED) is 0.381. The molecular weight excluding hydrogens is 514 g/mol. The van der Waals surface area contributed by atoms with Crippen LogP contribution in [0.4, 0.5) is 5.69 Å². The van der Waals surface area contributed by atoms with Gasteiger partial charge in [0.25, 0.3) is 0 Å². The summed E-state index contributed by atoms with van der Waals surface area (Å²) in [5, 5.41) is 3.69. The molecule has 0 radical (unpaired) electrons. The second kappa shape index (κ2) is 10.4. The second-order valence-electron chi connectivity index (χ2n) is 6.98. The van der Waals surface area contributed by atoms with E-state index in [1.54, 1.807) is 48.5 Å². The lowest BCUT2D eigenvalue weighted by Crippen LogP contribution is -2.37. The Labute approximate surface area is 206 Å². The van der Waals surface area contributed by atoms with Crippen LogP contribution in [0.3, 0.4) is 0 Å². The summed E-state index contributed by atoms with van der Waals surface area (Å²) in [5.41, 5.74) is 1.69. The Morgan fingerprint density at radius 2 is 1.50 bits per heavy atom. The zero-order valence-electron chi connectivity index (χ0n) is 16.8. The van der Waals surface area contributed by atoms with Gasteiger partial charge in [0.05, 0.1) is 37.2 Å². The van der Waals surface area contributed by atoms with Crippen LogP contribution >= 0.6 is 46.4 Å².